The predicted molar refractivity (Wildman–Crippen MR) is 102 cm³/mol. The van der Waals surface area contributed by atoms with Gasteiger partial charge >= 0.3 is 5.97 Å². The fraction of sp³-hybridized carbons (Fsp3) is 0.526. The van der Waals surface area contributed by atoms with E-state index in [2.05, 4.69) is 40.4 Å². The highest BCUT2D eigenvalue weighted by Gasteiger charge is 2.28. The molecule has 1 saturated carbocycles. The molecule has 2 N–H and O–H groups in total. The smallest absolute Gasteiger partial charge is 0.325 e. The lowest BCUT2D eigenvalue weighted by Gasteiger charge is -2.34. The lowest BCUT2D eigenvalue weighted by Crippen LogP contribution is -2.45. The third-order valence-electron chi connectivity index (χ3n) is 4.92. The van der Waals surface area contributed by atoms with E-state index < -0.39 is 5.97 Å². The van der Waals surface area contributed by atoms with Crippen LogP contribution in [0, 0.1) is 11.8 Å². The van der Waals surface area contributed by atoms with Crippen LogP contribution in [0.5, 0.6) is 0 Å². The molecule has 0 radical (unpaired) electrons. The molecule has 1 aliphatic rings. The molecule has 0 aliphatic heterocycles. The molecule has 3 atom stereocenters. The largest absolute Gasteiger partial charge is 0.454 e. The highest BCUT2D eigenvalue weighted by molar-refractivity contribution is 9.10. The molecule has 2 rings (SSSR count). The molecule has 0 saturated heterocycles. The topological polar surface area (TPSA) is 84.5 Å². The Morgan fingerprint density at radius 2 is 1.85 bits per heavy atom. The van der Waals surface area contributed by atoms with Crippen LogP contribution in [-0.2, 0) is 14.3 Å². The monoisotopic (exact) mass is 424 g/mol. The Hall–Kier alpha value is -1.89. The normalized spacial score (nSPS) is 22.3. The van der Waals surface area contributed by atoms with Crippen LogP contribution in [-0.4, -0.2) is 37.0 Å². The van der Waals surface area contributed by atoms with E-state index in [1.165, 1.54) is 6.42 Å². The Balaban J connectivity index is 1.68. The lowest BCUT2D eigenvalue weighted by molar-refractivity contribution is -0.147. The molecule has 26 heavy (non-hydrogen) atoms. The molecular formula is C19H25BrN2O4. The number of esters is 1. The van der Waals surface area contributed by atoms with E-state index in [1.54, 1.807) is 24.3 Å². The van der Waals surface area contributed by atoms with Gasteiger partial charge in [-0.15, -0.1) is 0 Å². The standard InChI is InChI=1S/C19H25BrN2O4/c1-12-4-3-5-16(13(12)2)22-17(23)11-26-18(24)10-21-19(25)14-6-8-15(20)9-7-14/h6-9,12-13,16H,3-5,10-11H2,1-2H3,(H,21,25)(H,22,23)/t12-,13+,16+/m1/s1. The second kappa shape index (κ2) is 9.71. The second-order valence-corrected chi connectivity index (χ2v) is 7.71. The van der Waals surface area contributed by atoms with Gasteiger partial charge in [-0.3, -0.25) is 14.4 Å². The van der Waals surface area contributed by atoms with Crippen LogP contribution >= 0.6 is 15.9 Å². The number of rotatable bonds is 6. The van der Waals surface area contributed by atoms with Gasteiger partial charge in [0.1, 0.15) is 6.54 Å². The van der Waals surface area contributed by atoms with Crippen LogP contribution in [0.2, 0.25) is 0 Å². The van der Waals surface area contributed by atoms with E-state index in [1.807, 2.05) is 0 Å². The Morgan fingerprint density at radius 1 is 1.15 bits per heavy atom. The van der Waals surface area contributed by atoms with E-state index in [9.17, 15) is 14.4 Å². The van der Waals surface area contributed by atoms with Crippen molar-refractivity contribution in [2.24, 2.45) is 11.8 Å². The molecule has 142 valence electrons. The maximum absolute atomic E-state index is 12.0. The molecule has 1 aliphatic carbocycles. The molecule has 6 nitrogen and oxygen atoms in total. The Labute approximate surface area is 162 Å². The van der Waals surface area contributed by atoms with Crippen LogP contribution in [0.4, 0.5) is 0 Å². The van der Waals surface area contributed by atoms with Crippen LogP contribution in [0.15, 0.2) is 28.7 Å². The Bertz CT molecular complexity index is 647. The quantitative estimate of drug-likeness (QED) is 0.687. The maximum atomic E-state index is 12.0. The SMILES string of the molecule is C[C@H]1[C@H](C)CCC[C@@H]1NC(=O)COC(=O)CNC(=O)c1ccc(Br)cc1. The van der Waals surface area contributed by atoms with E-state index in [0.29, 0.717) is 17.4 Å². The van der Waals surface area contributed by atoms with Gasteiger partial charge in [0, 0.05) is 16.1 Å². The van der Waals surface area contributed by atoms with Gasteiger partial charge in [-0.2, -0.15) is 0 Å². The van der Waals surface area contributed by atoms with Crippen molar-refractivity contribution < 1.29 is 19.1 Å². The van der Waals surface area contributed by atoms with Crippen molar-refractivity contribution >= 4 is 33.7 Å². The highest BCUT2D eigenvalue weighted by Crippen LogP contribution is 2.29. The molecule has 0 heterocycles. The van der Waals surface area contributed by atoms with Gasteiger partial charge in [-0.05, 0) is 42.5 Å². The summed E-state index contributed by atoms with van der Waals surface area (Å²) in [5, 5.41) is 5.42. The summed E-state index contributed by atoms with van der Waals surface area (Å²) in [5.74, 6) is -0.331. The molecule has 7 heteroatoms. The summed E-state index contributed by atoms with van der Waals surface area (Å²) in [5.41, 5.74) is 0.444. The van der Waals surface area contributed by atoms with Crippen LogP contribution in [0.1, 0.15) is 43.5 Å². The molecule has 0 unspecified atom stereocenters. The first kappa shape index (κ1) is 20.4. The van der Waals surface area contributed by atoms with E-state index in [-0.39, 0.29) is 31.0 Å². The number of benzene rings is 1. The lowest BCUT2D eigenvalue weighted by atomic mass is 9.78. The minimum absolute atomic E-state index is 0.127. The number of hydrogen-bond donors (Lipinski definition) is 2. The van der Waals surface area contributed by atoms with Crippen molar-refractivity contribution in [3.05, 3.63) is 34.3 Å². The summed E-state index contributed by atoms with van der Waals surface area (Å²) in [6.07, 6.45) is 3.23. The molecule has 0 spiro atoms. The van der Waals surface area contributed by atoms with Gasteiger partial charge < -0.3 is 15.4 Å². The molecule has 0 bridgehead atoms. The van der Waals surface area contributed by atoms with Gasteiger partial charge in [0.05, 0.1) is 0 Å². The van der Waals surface area contributed by atoms with Crippen LogP contribution in [0.25, 0.3) is 0 Å². The van der Waals surface area contributed by atoms with Crippen molar-refractivity contribution in [1.29, 1.82) is 0 Å². The third-order valence-corrected chi connectivity index (χ3v) is 5.45. The fourth-order valence-corrected chi connectivity index (χ4v) is 3.35. The first-order chi connectivity index (χ1) is 12.4. The molecule has 2 amide bonds. The minimum Gasteiger partial charge on any atom is -0.454 e. The number of nitrogens with one attached hydrogen (secondary N) is 2. The van der Waals surface area contributed by atoms with Crippen molar-refractivity contribution in [3.63, 3.8) is 0 Å². The van der Waals surface area contributed by atoms with Gasteiger partial charge in [0.2, 0.25) is 0 Å². The van der Waals surface area contributed by atoms with E-state index in [0.717, 1.165) is 17.3 Å². The predicted octanol–water partition coefficient (Wildman–Crippen LogP) is 2.66. The molecule has 0 aromatic heterocycles. The van der Waals surface area contributed by atoms with Gasteiger partial charge in [-0.25, -0.2) is 0 Å². The summed E-state index contributed by atoms with van der Waals surface area (Å²) in [4.78, 5) is 35.6. The summed E-state index contributed by atoms with van der Waals surface area (Å²) in [7, 11) is 0. The number of carbonyl (C=O) groups is 3. The van der Waals surface area contributed by atoms with Crippen molar-refractivity contribution in [2.45, 2.75) is 39.2 Å². The van der Waals surface area contributed by atoms with Crippen molar-refractivity contribution in [1.82, 2.24) is 10.6 Å². The average Bonchev–Trinajstić information content (AvgIpc) is 2.62. The van der Waals surface area contributed by atoms with Gasteiger partial charge in [0.25, 0.3) is 11.8 Å². The summed E-state index contributed by atoms with van der Waals surface area (Å²) < 4.78 is 5.80. The molecule has 1 fully saturated rings. The molecular weight excluding hydrogens is 400 g/mol. The molecule has 1 aromatic rings. The van der Waals surface area contributed by atoms with E-state index >= 15 is 0 Å². The number of halogens is 1. The van der Waals surface area contributed by atoms with Crippen LogP contribution in [0.3, 0.4) is 0 Å². The van der Waals surface area contributed by atoms with E-state index in [4.69, 9.17) is 4.74 Å². The summed E-state index contributed by atoms with van der Waals surface area (Å²) >= 11 is 3.29. The zero-order valence-electron chi connectivity index (χ0n) is 15.1. The van der Waals surface area contributed by atoms with Gasteiger partial charge in [0.15, 0.2) is 6.61 Å². The fourth-order valence-electron chi connectivity index (χ4n) is 3.09. The second-order valence-electron chi connectivity index (χ2n) is 6.79. The van der Waals surface area contributed by atoms with Crippen LogP contribution < -0.4 is 10.6 Å². The average molecular weight is 425 g/mol. The van der Waals surface area contributed by atoms with Gasteiger partial charge in [-0.1, -0.05) is 42.6 Å². The van der Waals surface area contributed by atoms with Crippen molar-refractivity contribution in [3.8, 4) is 0 Å². The number of amides is 2. The maximum Gasteiger partial charge on any atom is 0.325 e. The zero-order valence-corrected chi connectivity index (χ0v) is 16.7. The zero-order chi connectivity index (χ0) is 19.1. The number of carbonyl (C=O) groups excluding carboxylic acids is 3. The molecule has 1 aromatic carbocycles. The summed E-state index contributed by atoms with van der Waals surface area (Å²) in [6, 6.07) is 6.90. The Kier molecular flexibility index (Phi) is 7.63. The minimum atomic E-state index is -0.643. The third kappa shape index (κ3) is 6.12. The first-order valence-electron chi connectivity index (χ1n) is 8.85. The first-order valence-corrected chi connectivity index (χ1v) is 9.65. The summed E-state index contributed by atoms with van der Waals surface area (Å²) in [6.45, 7) is 3.72. The van der Waals surface area contributed by atoms with Crippen molar-refractivity contribution in [2.75, 3.05) is 13.2 Å². The highest BCUT2D eigenvalue weighted by atomic mass is 79.9. The number of hydrogen-bond acceptors (Lipinski definition) is 4. The number of ether oxygens (including phenoxy) is 1. The Morgan fingerprint density at radius 3 is 2.54 bits per heavy atom.